The summed E-state index contributed by atoms with van der Waals surface area (Å²) in [4.78, 5) is 23.4. The molecule has 0 aliphatic heterocycles. The summed E-state index contributed by atoms with van der Waals surface area (Å²) in [6.07, 6.45) is -1.50. The van der Waals surface area contributed by atoms with Gasteiger partial charge in [-0.3, -0.25) is 14.8 Å². The molecule has 0 aliphatic carbocycles. The van der Waals surface area contributed by atoms with E-state index < -0.39 is 65.5 Å². The molecule has 1 amide bonds. The molecule has 0 spiro atoms. The molecular weight excluding hydrogens is 628 g/mol. The first-order valence-corrected chi connectivity index (χ1v) is 15.9. The Morgan fingerprint density at radius 1 is 0.644 bits per heavy atom. The molecule has 0 aromatic heterocycles. The van der Waals surface area contributed by atoms with Gasteiger partial charge in [-0.15, -0.1) is 47.4 Å². The molecule has 0 saturated carbocycles. The molecule has 45 heavy (non-hydrogen) atoms. The van der Waals surface area contributed by atoms with Crippen molar-refractivity contribution in [3.8, 4) is 47.4 Å². The van der Waals surface area contributed by atoms with Crippen molar-refractivity contribution in [1.82, 2.24) is 5.48 Å². The number of carbonyl (C=O) groups excluding carboxylic acids is 1. The van der Waals surface area contributed by atoms with Gasteiger partial charge in [0.2, 0.25) is 0 Å². The number of carboxylic acid groups (broad SMARTS) is 1. The molecule has 3 N–H and O–H groups in total. The molecular formula is C32H31F2NO8S2. The van der Waals surface area contributed by atoms with Crippen LogP contribution in [-0.2, 0) is 29.3 Å². The lowest BCUT2D eigenvalue weighted by Crippen LogP contribution is -2.51. The summed E-state index contributed by atoms with van der Waals surface area (Å²) in [6.45, 7) is 5.97. The third-order valence-corrected chi connectivity index (χ3v) is 11.2. The Labute approximate surface area is 262 Å². The van der Waals surface area contributed by atoms with Crippen molar-refractivity contribution in [3.63, 3.8) is 0 Å². The van der Waals surface area contributed by atoms with Crippen molar-refractivity contribution in [1.29, 1.82) is 0 Å². The summed E-state index contributed by atoms with van der Waals surface area (Å²) >= 11 is 0. The maximum Gasteiger partial charge on any atom is 0.327 e. The maximum absolute atomic E-state index is 13.0. The number of rotatable bonds is 10. The lowest BCUT2D eigenvalue weighted by Gasteiger charge is -2.27. The van der Waals surface area contributed by atoms with Crippen LogP contribution in [0.5, 0.6) is 0 Å². The van der Waals surface area contributed by atoms with E-state index in [1.807, 2.05) is 0 Å². The Kier molecular flexibility index (Phi) is 14.5. The standard InChI is InChI=1S/C16H16FNO4S.C16H15FO4S/c1-3-5-11-16(12-6-4-2,15(19)18-20)23(21,22)14-9-7-13(17)8-10-14;1-3-5-11-16(15(18)19,12-6-4-2)22(20,21)14-9-7-13(17)8-10-14/h7-10,20H,11-12H2,1-2H3,(H,18,19);7-10H,11-12H2,1-2H3,(H,18,19). The van der Waals surface area contributed by atoms with Crippen LogP contribution in [0.25, 0.3) is 0 Å². The van der Waals surface area contributed by atoms with Crippen LogP contribution >= 0.6 is 0 Å². The summed E-state index contributed by atoms with van der Waals surface area (Å²) in [5.74, 6) is 16.3. The van der Waals surface area contributed by atoms with Gasteiger partial charge in [0, 0.05) is 25.7 Å². The minimum absolute atomic E-state index is 0.252. The van der Waals surface area contributed by atoms with E-state index in [2.05, 4.69) is 47.4 Å². The van der Waals surface area contributed by atoms with Gasteiger partial charge < -0.3 is 5.11 Å². The van der Waals surface area contributed by atoms with Crippen LogP contribution in [0.4, 0.5) is 8.78 Å². The smallest absolute Gasteiger partial charge is 0.327 e. The van der Waals surface area contributed by atoms with E-state index >= 15 is 0 Å². The lowest BCUT2D eigenvalue weighted by atomic mass is 10.00. The van der Waals surface area contributed by atoms with E-state index in [4.69, 9.17) is 5.21 Å². The Hall–Kier alpha value is -4.66. The van der Waals surface area contributed by atoms with Gasteiger partial charge in [0.1, 0.15) is 11.6 Å². The normalized spacial score (nSPS) is 10.8. The van der Waals surface area contributed by atoms with Crippen LogP contribution in [0.2, 0.25) is 0 Å². The second kappa shape index (κ2) is 17.0. The number of hydrogen-bond acceptors (Lipinski definition) is 7. The minimum atomic E-state index is -4.29. The highest BCUT2D eigenvalue weighted by molar-refractivity contribution is 7.94. The van der Waals surface area contributed by atoms with E-state index in [0.717, 1.165) is 48.5 Å². The van der Waals surface area contributed by atoms with Crippen molar-refractivity contribution in [2.45, 2.75) is 72.7 Å². The molecule has 2 aromatic rings. The molecule has 0 unspecified atom stereocenters. The molecule has 2 aromatic carbocycles. The number of halogens is 2. The predicted molar refractivity (Wildman–Crippen MR) is 162 cm³/mol. The highest BCUT2D eigenvalue weighted by atomic mass is 32.2. The Morgan fingerprint density at radius 2 is 0.933 bits per heavy atom. The SMILES string of the molecule is CC#CCC(CC#CC)(C(=O)NO)S(=O)(=O)c1ccc(F)cc1.CC#CCC(CC#CC)(C(=O)O)S(=O)(=O)c1ccc(F)cc1. The molecule has 0 fully saturated rings. The second-order valence-corrected chi connectivity index (χ2v) is 13.6. The van der Waals surface area contributed by atoms with Crippen molar-refractivity contribution in [2.75, 3.05) is 0 Å². The minimum Gasteiger partial charge on any atom is -0.480 e. The van der Waals surface area contributed by atoms with Crippen LogP contribution in [-0.4, -0.2) is 48.5 Å². The number of aliphatic carboxylic acids is 1. The van der Waals surface area contributed by atoms with Crippen molar-refractivity contribution >= 4 is 31.6 Å². The Morgan fingerprint density at radius 3 is 1.20 bits per heavy atom. The number of sulfone groups is 2. The van der Waals surface area contributed by atoms with Crippen molar-refractivity contribution in [2.24, 2.45) is 0 Å². The molecule has 0 aliphatic rings. The van der Waals surface area contributed by atoms with E-state index in [0.29, 0.717) is 0 Å². The van der Waals surface area contributed by atoms with Crippen molar-refractivity contribution < 1.29 is 45.5 Å². The van der Waals surface area contributed by atoms with E-state index in [1.165, 1.54) is 33.2 Å². The fourth-order valence-corrected chi connectivity index (χ4v) is 7.22. The fourth-order valence-electron chi connectivity index (χ4n) is 3.76. The van der Waals surface area contributed by atoms with E-state index in [9.17, 15) is 40.3 Å². The number of amides is 1. The van der Waals surface area contributed by atoms with Crippen LogP contribution in [0.15, 0.2) is 58.3 Å². The van der Waals surface area contributed by atoms with Gasteiger partial charge in [-0.1, -0.05) is 0 Å². The third kappa shape index (κ3) is 8.71. The lowest BCUT2D eigenvalue weighted by molar-refractivity contribution is -0.139. The Balaban J connectivity index is 0.000000450. The molecule has 0 atom stereocenters. The first-order valence-electron chi connectivity index (χ1n) is 12.9. The first-order chi connectivity index (χ1) is 21.2. The molecule has 0 bridgehead atoms. The second-order valence-electron chi connectivity index (χ2n) is 9.06. The molecule has 13 heteroatoms. The average Bonchev–Trinajstić information content (AvgIpc) is 3.01. The summed E-state index contributed by atoms with van der Waals surface area (Å²) in [7, 11) is -8.57. The number of hydrogen-bond donors (Lipinski definition) is 3. The zero-order valence-electron chi connectivity index (χ0n) is 24.9. The molecule has 0 radical (unpaired) electrons. The number of nitrogens with one attached hydrogen (secondary N) is 1. The Bertz CT molecular complexity index is 1800. The monoisotopic (exact) mass is 659 g/mol. The highest BCUT2D eigenvalue weighted by Crippen LogP contribution is 2.34. The molecule has 0 saturated heterocycles. The molecule has 2 rings (SSSR count). The van der Waals surface area contributed by atoms with Gasteiger partial charge in [0.05, 0.1) is 9.79 Å². The van der Waals surface area contributed by atoms with Gasteiger partial charge in [-0.2, -0.15) is 0 Å². The summed E-state index contributed by atoms with van der Waals surface area (Å²) in [5.41, 5.74) is 1.38. The third-order valence-electron chi connectivity index (χ3n) is 6.38. The van der Waals surface area contributed by atoms with Gasteiger partial charge in [-0.25, -0.2) is 31.1 Å². The first kappa shape index (κ1) is 38.4. The highest BCUT2D eigenvalue weighted by Gasteiger charge is 2.52. The largest absolute Gasteiger partial charge is 0.480 e. The summed E-state index contributed by atoms with van der Waals surface area (Å²) in [5, 5.41) is 18.5. The quantitative estimate of drug-likeness (QED) is 0.150. The number of benzene rings is 2. The number of hydroxylamine groups is 1. The average molecular weight is 660 g/mol. The number of carbonyl (C=O) groups is 2. The fraction of sp³-hybridized carbons (Fsp3) is 0.312. The summed E-state index contributed by atoms with van der Waals surface area (Å²) in [6, 6.07) is 8.10. The van der Waals surface area contributed by atoms with Crippen LogP contribution in [0, 0.1) is 59.0 Å². The number of carboxylic acids is 1. The van der Waals surface area contributed by atoms with Crippen LogP contribution in [0.1, 0.15) is 53.4 Å². The topological polar surface area (TPSA) is 155 Å². The van der Waals surface area contributed by atoms with E-state index in [-0.39, 0.29) is 22.6 Å². The van der Waals surface area contributed by atoms with Gasteiger partial charge in [0.15, 0.2) is 29.2 Å². The van der Waals surface area contributed by atoms with Gasteiger partial charge >= 0.3 is 5.97 Å². The van der Waals surface area contributed by atoms with Crippen LogP contribution < -0.4 is 5.48 Å². The van der Waals surface area contributed by atoms with Crippen molar-refractivity contribution in [3.05, 3.63) is 60.2 Å². The molecule has 9 nitrogen and oxygen atoms in total. The van der Waals surface area contributed by atoms with Gasteiger partial charge in [-0.05, 0) is 76.2 Å². The van der Waals surface area contributed by atoms with Crippen LogP contribution in [0.3, 0.4) is 0 Å². The van der Waals surface area contributed by atoms with E-state index in [1.54, 1.807) is 0 Å². The molecule has 0 heterocycles. The zero-order valence-corrected chi connectivity index (χ0v) is 26.5. The molecule has 238 valence electrons. The maximum atomic E-state index is 13.0. The summed E-state index contributed by atoms with van der Waals surface area (Å²) < 4.78 is 73.2. The van der Waals surface area contributed by atoms with Gasteiger partial charge in [0.25, 0.3) is 5.91 Å². The zero-order chi connectivity index (χ0) is 34.3. The predicted octanol–water partition coefficient (Wildman–Crippen LogP) is 3.92.